The van der Waals surface area contributed by atoms with Gasteiger partial charge in [-0.2, -0.15) is 5.10 Å². The number of ether oxygens (including phenoxy) is 1. The number of carbonyl (C=O) groups is 1. The Hall–Kier alpha value is -2.30. The molecule has 106 valence electrons. The Labute approximate surface area is 118 Å². The highest BCUT2D eigenvalue weighted by atomic mass is 16.5. The second-order valence-electron chi connectivity index (χ2n) is 4.55. The van der Waals surface area contributed by atoms with Gasteiger partial charge >= 0.3 is 0 Å². The van der Waals surface area contributed by atoms with Crippen LogP contribution in [0.25, 0.3) is 0 Å². The number of benzene rings is 1. The van der Waals surface area contributed by atoms with E-state index < -0.39 is 0 Å². The van der Waals surface area contributed by atoms with Crippen molar-refractivity contribution in [3.63, 3.8) is 0 Å². The Morgan fingerprint density at radius 2 is 2.15 bits per heavy atom. The summed E-state index contributed by atoms with van der Waals surface area (Å²) >= 11 is 0. The Morgan fingerprint density at radius 1 is 1.40 bits per heavy atom. The zero-order valence-electron chi connectivity index (χ0n) is 11.7. The molecule has 0 aliphatic heterocycles. The fourth-order valence-corrected chi connectivity index (χ4v) is 1.90. The smallest absolute Gasteiger partial charge is 0.244 e. The lowest BCUT2D eigenvalue weighted by Crippen LogP contribution is -2.32. The lowest BCUT2D eigenvalue weighted by Gasteiger charge is -2.12. The molecule has 0 bridgehead atoms. The molecule has 2 rings (SSSR count). The average Bonchev–Trinajstić information content (AvgIpc) is 3.01. The van der Waals surface area contributed by atoms with Gasteiger partial charge in [0.2, 0.25) is 5.91 Å². The molecule has 0 saturated carbocycles. The van der Waals surface area contributed by atoms with Crippen LogP contribution in [0.15, 0.2) is 42.7 Å². The first kappa shape index (κ1) is 14.1. The van der Waals surface area contributed by atoms with E-state index in [1.807, 2.05) is 31.2 Å². The molecule has 0 radical (unpaired) electrons. The Kier molecular flexibility index (Phi) is 4.76. The molecule has 1 heterocycles. The van der Waals surface area contributed by atoms with Crippen molar-refractivity contribution in [1.29, 1.82) is 0 Å². The van der Waals surface area contributed by atoms with Crippen molar-refractivity contribution in [3.8, 4) is 5.75 Å². The van der Waals surface area contributed by atoms with Crippen LogP contribution < -0.4 is 10.1 Å². The number of carbonyl (C=O) groups excluding carboxylic acids is 1. The lowest BCUT2D eigenvalue weighted by atomic mass is 10.1. The van der Waals surface area contributed by atoms with Crippen LogP contribution in [0.5, 0.6) is 5.75 Å². The Bertz CT molecular complexity index is 535. The molecule has 1 atom stereocenters. The number of aromatic nitrogens is 2. The molecule has 0 aliphatic rings. The van der Waals surface area contributed by atoms with Gasteiger partial charge in [-0.05, 0) is 37.1 Å². The van der Waals surface area contributed by atoms with E-state index in [4.69, 9.17) is 4.74 Å². The van der Waals surface area contributed by atoms with Crippen LogP contribution in [0.2, 0.25) is 0 Å². The summed E-state index contributed by atoms with van der Waals surface area (Å²) in [6, 6.07) is 9.36. The van der Waals surface area contributed by atoms with Crippen molar-refractivity contribution >= 4 is 5.91 Å². The van der Waals surface area contributed by atoms with Gasteiger partial charge in [0.15, 0.2) is 0 Å². The quantitative estimate of drug-likeness (QED) is 0.873. The van der Waals surface area contributed by atoms with Gasteiger partial charge in [-0.25, -0.2) is 0 Å². The van der Waals surface area contributed by atoms with E-state index in [1.54, 1.807) is 30.3 Å². The third-order valence-electron chi connectivity index (χ3n) is 3.17. The summed E-state index contributed by atoms with van der Waals surface area (Å²) in [4.78, 5) is 11.9. The maximum Gasteiger partial charge on any atom is 0.244 e. The van der Waals surface area contributed by atoms with Crippen LogP contribution >= 0.6 is 0 Å². The average molecular weight is 273 g/mol. The van der Waals surface area contributed by atoms with Crippen molar-refractivity contribution in [2.75, 3.05) is 13.7 Å². The van der Waals surface area contributed by atoms with Gasteiger partial charge in [-0.1, -0.05) is 12.1 Å². The van der Waals surface area contributed by atoms with Crippen LogP contribution in [0.4, 0.5) is 0 Å². The summed E-state index contributed by atoms with van der Waals surface area (Å²) in [5, 5.41) is 6.98. The summed E-state index contributed by atoms with van der Waals surface area (Å²) in [6.07, 6.45) is 4.25. The van der Waals surface area contributed by atoms with E-state index in [9.17, 15) is 4.79 Å². The highest BCUT2D eigenvalue weighted by Gasteiger charge is 2.13. The van der Waals surface area contributed by atoms with Crippen LogP contribution in [0.3, 0.4) is 0 Å². The number of hydrogen-bond acceptors (Lipinski definition) is 3. The van der Waals surface area contributed by atoms with Crippen molar-refractivity contribution in [2.45, 2.75) is 19.4 Å². The number of nitrogens with one attached hydrogen (secondary N) is 1. The molecular weight excluding hydrogens is 254 g/mol. The minimum absolute atomic E-state index is 0.0257. The predicted molar refractivity (Wildman–Crippen MR) is 76.6 cm³/mol. The highest BCUT2D eigenvalue weighted by Crippen LogP contribution is 2.11. The molecule has 0 fully saturated rings. The minimum Gasteiger partial charge on any atom is -0.497 e. The van der Waals surface area contributed by atoms with Crippen molar-refractivity contribution < 1.29 is 9.53 Å². The highest BCUT2D eigenvalue weighted by molar-refractivity contribution is 5.79. The molecule has 5 nitrogen and oxygen atoms in total. The number of hydrogen-bond donors (Lipinski definition) is 1. The van der Waals surface area contributed by atoms with Crippen molar-refractivity contribution in [2.24, 2.45) is 0 Å². The molecule has 1 amide bonds. The molecule has 2 aromatic rings. The zero-order chi connectivity index (χ0) is 14.4. The number of nitrogens with zero attached hydrogens (tertiary/aromatic N) is 2. The Morgan fingerprint density at radius 3 is 2.75 bits per heavy atom. The van der Waals surface area contributed by atoms with Gasteiger partial charge in [0.05, 0.1) is 7.11 Å². The molecule has 0 spiro atoms. The SMILES string of the molecule is COc1ccc(CCNC(=O)C(C)n2cccn2)cc1. The molecular formula is C15H19N3O2. The fourth-order valence-electron chi connectivity index (χ4n) is 1.90. The van der Waals surface area contributed by atoms with Crippen LogP contribution in [0.1, 0.15) is 18.5 Å². The monoisotopic (exact) mass is 273 g/mol. The van der Waals surface area contributed by atoms with Crippen molar-refractivity contribution in [3.05, 3.63) is 48.3 Å². The lowest BCUT2D eigenvalue weighted by molar-refractivity contribution is -0.124. The standard InChI is InChI=1S/C15H19N3O2/c1-12(18-11-3-9-17-18)15(19)16-10-8-13-4-6-14(20-2)7-5-13/h3-7,9,11-12H,8,10H2,1-2H3,(H,16,19). The third kappa shape index (κ3) is 3.60. The zero-order valence-corrected chi connectivity index (χ0v) is 11.7. The second-order valence-corrected chi connectivity index (χ2v) is 4.55. The van der Waals surface area contributed by atoms with Crippen molar-refractivity contribution in [1.82, 2.24) is 15.1 Å². The summed E-state index contributed by atoms with van der Waals surface area (Å²) < 4.78 is 6.75. The van der Waals surface area contributed by atoms with Gasteiger partial charge in [-0.15, -0.1) is 0 Å². The van der Waals surface area contributed by atoms with E-state index in [1.165, 1.54) is 0 Å². The van der Waals surface area contributed by atoms with Gasteiger partial charge < -0.3 is 10.1 Å². The topological polar surface area (TPSA) is 56.1 Å². The molecule has 20 heavy (non-hydrogen) atoms. The van der Waals surface area contributed by atoms with Crippen LogP contribution in [-0.2, 0) is 11.2 Å². The Balaban J connectivity index is 1.78. The van der Waals surface area contributed by atoms with E-state index in [2.05, 4.69) is 10.4 Å². The molecule has 5 heteroatoms. The van der Waals surface area contributed by atoms with E-state index in [-0.39, 0.29) is 11.9 Å². The molecule has 1 aromatic carbocycles. The first-order chi connectivity index (χ1) is 9.70. The van der Waals surface area contributed by atoms with E-state index >= 15 is 0 Å². The maximum atomic E-state index is 11.9. The van der Waals surface area contributed by atoms with Gasteiger partial charge in [0.25, 0.3) is 0 Å². The maximum absolute atomic E-state index is 11.9. The van der Waals surface area contributed by atoms with Crippen LogP contribution in [-0.4, -0.2) is 29.3 Å². The summed E-state index contributed by atoms with van der Waals surface area (Å²) in [5.41, 5.74) is 1.16. The first-order valence-electron chi connectivity index (χ1n) is 6.60. The molecule has 1 aromatic heterocycles. The van der Waals surface area contributed by atoms with Gasteiger partial charge in [0, 0.05) is 18.9 Å². The van der Waals surface area contributed by atoms with Gasteiger partial charge in [-0.3, -0.25) is 9.48 Å². The predicted octanol–water partition coefficient (Wildman–Crippen LogP) is 1.81. The minimum atomic E-state index is -0.291. The summed E-state index contributed by atoms with van der Waals surface area (Å²) in [7, 11) is 1.64. The molecule has 1 unspecified atom stereocenters. The summed E-state index contributed by atoms with van der Waals surface area (Å²) in [6.45, 7) is 2.44. The van der Waals surface area contributed by atoms with E-state index in [0.29, 0.717) is 6.54 Å². The van der Waals surface area contributed by atoms with Gasteiger partial charge in [0.1, 0.15) is 11.8 Å². The molecule has 1 N–H and O–H groups in total. The fraction of sp³-hybridized carbons (Fsp3) is 0.333. The summed E-state index contributed by atoms with van der Waals surface area (Å²) in [5.74, 6) is 0.812. The second kappa shape index (κ2) is 6.75. The normalized spacial score (nSPS) is 11.9. The van der Waals surface area contributed by atoms with E-state index in [0.717, 1.165) is 17.7 Å². The third-order valence-corrected chi connectivity index (χ3v) is 3.17. The number of rotatable bonds is 6. The number of methoxy groups -OCH3 is 1. The first-order valence-corrected chi connectivity index (χ1v) is 6.60. The molecule has 0 aliphatic carbocycles. The van der Waals surface area contributed by atoms with Crippen LogP contribution in [0, 0.1) is 0 Å². The molecule has 0 saturated heterocycles. The largest absolute Gasteiger partial charge is 0.497 e. The number of amides is 1.